The Morgan fingerprint density at radius 3 is 0.720 bits per heavy atom. The number of hydrogen-bond donors (Lipinski definition) is 9. The molecule has 0 aromatic heterocycles. The van der Waals surface area contributed by atoms with Crippen molar-refractivity contribution in [3.05, 3.63) is 0 Å². The molecule has 13 rings (SSSR count). The first-order valence-electron chi connectivity index (χ1n) is 31.5. The second-order valence-corrected chi connectivity index (χ2v) is 23.8. The predicted molar refractivity (Wildman–Crippen MR) is 332 cm³/mol. The second-order valence-electron chi connectivity index (χ2n) is 20.2. The molecule has 13 aliphatic heterocycles. The van der Waals surface area contributed by atoms with Crippen LogP contribution in [0.5, 0.6) is 0 Å². The van der Waals surface area contributed by atoms with E-state index in [0.717, 1.165) is 92.1 Å². The minimum absolute atomic E-state index is 0.500. The van der Waals surface area contributed by atoms with Crippen LogP contribution in [-0.4, -0.2) is 206 Å². The third-order valence-corrected chi connectivity index (χ3v) is 16.2. The van der Waals surface area contributed by atoms with E-state index in [2.05, 4.69) is 71.4 Å². The van der Waals surface area contributed by atoms with Crippen molar-refractivity contribution < 1.29 is 23.7 Å². The molecule has 0 saturated carbocycles. The molecule has 13 fully saturated rings. The maximum Gasteiger partial charge on any atom is 0.146 e. The molecule has 13 aliphatic rings. The van der Waals surface area contributed by atoms with E-state index in [9.17, 15) is 0 Å². The maximum atomic E-state index is 5.13. The third kappa shape index (κ3) is 68.7. The fourth-order valence-corrected chi connectivity index (χ4v) is 11.1. The highest BCUT2D eigenvalue weighted by molar-refractivity contribution is 7.99. The highest BCUT2D eigenvalue weighted by Crippen LogP contribution is 2.15. The van der Waals surface area contributed by atoms with Crippen LogP contribution in [0.3, 0.4) is 0 Å². The lowest BCUT2D eigenvalue weighted by molar-refractivity contribution is 0.0692. The first-order valence-corrected chi connectivity index (χ1v) is 34.9. The van der Waals surface area contributed by atoms with Crippen molar-refractivity contribution in [3.8, 4) is 0 Å². The molecule has 75 heavy (non-hydrogen) atoms. The molecule has 13 saturated heterocycles. The van der Waals surface area contributed by atoms with E-state index in [1.54, 1.807) is 0 Å². The molecule has 0 spiro atoms. The molecule has 0 radical (unpaired) electrons. The molecule has 9 N–H and O–H groups in total. The SMILES string of the molecule is C1CCCNCC1.C1CCNC1.C1CCNCC1.C1CCNCC1.C1CCNCC1.C1CCOC1.C1CCOCC1.C1CCSC1.C1CCSCC1.C1CNCCN1.C1CNCCOC1.C1COCO1.C1CSCN1. The van der Waals surface area contributed by atoms with Gasteiger partial charge in [0.2, 0.25) is 0 Å². The van der Waals surface area contributed by atoms with Crippen LogP contribution < -0.4 is 47.9 Å². The normalized spacial score (nSPS) is 24.0. The smallest absolute Gasteiger partial charge is 0.146 e. The van der Waals surface area contributed by atoms with Gasteiger partial charge in [-0.25, -0.2) is 0 Å². The molecule has 0 aliphatic carbocycles. The van der Waals surface area contributed by atoms with Crippen LogP contribution >= 0.6 is 35.3 Å². The van der Waals surface area contributed by atoms with Crippen molar-refractivity contribution in [2.45, 2.75) is 167 Å². The van der Waals surface area contributed by atoms with E-state index in [1.807, 2.05) is 11.8 Å². The summed E-state index contributed by atoms with van der Waals surface area (Å²) in [6, 6.07) is 0. The van der Waals surface area contributed by atoms with Gasteiger partial charge in [-0.05, 0) is 223 Å². The summed E-state index contributed by atoms with van der Waals surface area (Å²) in [6.45, 7) is 28.3. The van der Waals surface area contributed by atoms with Gasteiger partial charge in [-0.3, -0.25) is 0 Å². The summed E-state index contributed by atoms with van der Waals surface area (Å²) in [5.41, 5.74) is 0. The molecular formula is C58H125N9O5S3. The second kappa shape index (κ2) is 70.6. The highest BCUT2D eigenvalue weighted by atomic mass is 32.2. The molecule has 0 unspecified atom stereocenters. The van der Waals surface area contributed by atoms with E-state index in [1.165, 1.54) is 274 Å². The van der Waals surface area contributed by atoms with Crippen molar-refractivity contribution in [2.24, 2.45) is 0 Å². The van der Waals surface area contributed by atoms with E-state index in [-0.39, 0.29) is 0 Å². The van der Waals surface area contributed by atoms with Crippen LogP contribution in [0.1, 0.15) is 167 Å². The van der Waals surface area contributed by atoms with Gasteiger partial charge < -0.3 is 71.5 Å². The average Bonchev–Trinajstić information content (AvgIpc) is 4.40. The van der Waals surface area contributed by atoms with Crippen LogP contribution in [0.4, 0.5) is 0 Å². The van der Waals surface area contributed by atoms with Crippen molar-refractivity contribution in [1.29, 1.82) is 0 Å². The first-order chi connectivity index (χ1) is 37.5. The number of nitrogens with one attached hydrogen (secondary N) is 9. The van der Waals surface area contributed by atoms with Crippen LogP contribution in [0, 0.1) is 0 Å². The molecule has 0 atom stereocenters. The number of piperidine rings is 3. The maximum absolute atomic E-state index is 5.13. The summed E-state index contributed by atoms with van der Waals surface area (Å²) in [5.74, 6) is 8.14. The third-order valence-electron chi connectivity index (χ3n) is 13.0. The Hall–Kier alpha value is 0.490. The number of piperazine rings is 1. The summed E-state index contributed by atoms with van der Waals surface area (Å²) in [6.07, 6.45) is 36.1. The van der Waals surface area contributed by atoms with Gasteiger partial charge in [-0.2, -0.15) is 23.5 Å². The van der Waals surface area contributed by atoms with Crippen LogP contribution in [0.25, 0.3) is 0 Å². The van der Waals surface area contributed by atoms with Gasteiger partial charge in [0.05, 0.1) is 19.8 Å². The number of thioether (sulfide) groups is 3. The van der Waals surface area contributed by atoms with E-state index in [4.69, 9.17) is 23.7 Å². The molecule has 0 aromatic rings. The van der Waals surface area contributed by atoms with Crippen molar-refractivity contribution in [1.82, 2.24) is 47.9 Å². The lowest BCUT2D eigenvalue weighted by Crippen LogP contribution is -2.39. The quantitative estimate of drug-likeness (QED) is 0.114. The van der Waals surface area contributed by atoms with E-state index in [0.29, 0.717) is 6.79 Å². The predicted octanol–water partition coefficient (Wildman–Crippen LogP) is 8.65. The average molecular weight is 1120 g/mol. The Kier molecular flexibility index (Phi) is 69.2. The largest absolute Gasteiger partial charge is 0.381 e. The molecular weight excluding hydrogens is 999 g/mol. The van der Waals surface area contributed by atoms with Crippen molar-refractivity contribution in [2.75, 3.05) is 206 Å². The molecule has 14 nitrogen and oxygen atoms in total. The van der Waals surface area contributed by atoms with Crippen LogP contribution in [0.15, 0.2) is 0 Å². The molecule has 0 amide bonds. The van der Waals surface area contributed by atoms with Gasteiger partial charge in [0.25, 0.3) is 0 Å². The fraction of sp³-hybridized carbons (Fsp3) is 1.00. The standard InChI is InChI=1S/C6H13N.C5H11NO.3C5H11N.C5H10O.C5H10S.C4H10N2.C4H9N.C4H8O.C4H8S.C3H7NS.C3H6O2/c1-2-4-6-7-5-3-1;1-2-6-3-5-7-4-1;5*1-2-4-6-5-3-1;1-2-6-4-3-5-1;3*1-2-4-5-3-1;2*1-2-5-3-4-1/h7H,1-6H2;6H,1-5H2;3*6H,1-5H2;2*1-5H2;5-6H,1-4H2;5H,1-4H2;2*1-4H2;4H,1-3H2;1-3H2. The van der Waals surface area contributed by atoms with E-state index < -0.39 is 0 Å². The Bertz CT molecular complexity index is 661. The van der Waals surface area contributed by atoms with Gasteiger partial charge in [0, 0.05) is 83.9 Å². The summed E-state index contributed by atoms with van der Waals surface area (Å²) < 4.78 is 24.6. The first kappa shape index (κ1) is 73.5. The number of hydrogen-bond acceptors (Lipinski definition) is 17. The summed E-state index contributed by atoms with van der Waals surface area (Å²) in [4.78, 5) is 0. The molecule has 450 valence electrons. The Balaban J connectivity index is 0.000000407. The Labute approximate surface area is 476 Å². The monoisotopic (exact) mass is 1120 g/mol. The number of ether oxygens (including phenoxy) is 5. The zero-order valence-corrected chi connectivity index (χ0v) is 51.2. The number of rotatable bonds is 0. The molecule has 0 bridgehead atoms. The Morgan fingerprint density at radius 1 is 0.173 bits per heavy atom. The lowest BCUT2D eigenvalue weighted by Gasteiger charge is -2.11. The van der Waals surface area contributed by atoms with Gasteiger partial charge in [-0.1, -0.05) is 38.5 Å². The molecule has 13 heterocycles. The fourth-order valence-electron chi connectivity index (χ4n) is 8.33. The Morgan fingerprint density at radius 2 is 0.467 bits per heavy atom. The van der Waals surface area contributed by atoms with Gasteiger partial charge in [-0.15, -0.1) is 11.8 Å². The molecule has 0 aromatic carbocycles. The molecule has 17 heteroatoms. The van der Waals surface area contributed by atoms with Crippen LogP contribution in [0.2, 0.25) is 0 Å². The van der Waals surface area contributed by atoms with Crippen molar-refractivity contribution >= 4 is 35.3 Å². The van der Waals surface area contributed by atoms with Gasteiger partial charge in [0.1, 0.15) is 6.79 Å². The lowest BCUT2D eigenvalue weighted by atomic mass is 10.2. The topological polar surface area (TPSA) is 154 Å². The zero-order chi connectivity index (χ0) is 53.0. The van der Waals surface area contributed by atoms with E-state index >= 15 is 0 Å². The zero-order valence-electron chi connectivity index (χ0n) is 48.8. The highest BCUT2D eigenvalue weighted by Gasteiger charge is 2.00. The van der Waals surface area contributed by atoms with Crippen LogP contribution in [-0.2, 0) is 23.7 Å². The minimum atomic E-state index is 0.500. The van der Waals surface area contributed by atoms with Crippen molar-refractivity contribution in [3.63, 3.8) is 0 Å². The summed E-state index contributed by atoms with van der Waals surface area (Å²) in [5, 5.41) is 29.3. The van der Waals surface area contributed by atoms with Gasteiger partial charge >= 0.3 is 0 Å². The minimum Gasteiger partial charge on any atom is -0.381 e. The summed E-state index contributed by atoms with van der Waals surface area (Å²) >= 11 is 6.13. The summed E-state index contributed by atoms with van der Waals surface area (Å²) in [7, 11) is 0. The van der Waals surface area contributed by atoms with Gasteiger partial charge in [0.15, 0.2) is 0 Å².